The monoisotopic (exact) mass is 512 g/mol. The van der Waals surface area contributed by atoms with Gasteiger partial charge in [-0.2, -0.15) is 13.2 Å². The molecule has 0 N–H and O–H groups in total. The molecule has 1 fully saturated rings. The Morgan fingerprint density at radius 2 is 1.89 bits per heavy atom. The zero-order chi connectivity index (χ0) is 26.5. The molecule has 4 aromatic rings. The molecule has 1 aliphatic rings. The summed E-state index contributed by atoms with van der Waals surface area (Å²) in [5.41, 5.74) is 0.352. The minimum Gasteiger partial charge on any atom is -0.320 e. The van der Waals surface area contributed by atoms with Gasteiger partial charge in [-0.3, -0.25) is 13.9 Å². The van der Waals surface area contributed by atoms with Gasteiger partial charge >= 0.3 is 11.9 Å². The van der Waals surface area contributed by atoms with Gasteiger partial charge in [0.25, 0.3) is 0 Å². The number of hydrogen-bond donors (Lipinski definition) is 0. The molecule has 3 atom stereocenters. The maximum atomic E-state index is 14.2. The molecule has 1 saturated heterocycles. The van der Waals surface area contributed by atoms with E-state index in [1.54, 1.807) is 24.7 Å². The molecule has 0 radical (unpaired) electrons. The minimum absolute atomic E-state index is 0.120. The van der Waals surface area contributed by atoms with Crippen molar-refractivity contribution in [2.75, 3.05) is 13.1 Å². The van der Waals surface area contributed by atoms with Gasteiger partial charge in [-0.15, -0.1) is 10.2 Å². The minimum atomic E-state index is -4.60. The van der Waals surface area contributed by atoms with Crippen molar-refractivity contribution in [2.45, 2.75) is 51.7 Å². The van der Waals surface area contributed by atoms with Crippen LogP contribution in [0.4, 0.5) is 13.2 Å². The molecule has 0 spiro atoms. The van der Waals surface area contributed by atoms with Crippen LogP contribution in [0.5, 0.6) is 0 Å². The lowest BCUT2D eigenvalue weighted by atomic mass is 9.97. The fourth-order valence-electron chi connectivity index (χ4n) is 5.42. The zero-order valence-electron chi connectivity index (χ0n) is 21.4. The van der Waals surface area contributed by atoms with Crippen molar-refractivity contribution in [3.05, 3.63) is 82.1 Å². The standard InChI is InChI=1S/C27H31F3N6O/c1-17-7-6-10-34(13-17)19(3)21-12-23(27(28,29)30)24-15-35(26(37)36(24)14-21)22-9-5-8-20(11-22)18(2)25-32-31-16-33(25)4/h5,8-9,11-12,14-19H,6-7,10,13H2,1-4H3/t17-,18-,19?/m0/s1. The number of piperidine rings is 1. The van der Waals surface area contributed by atoms with Crippen LogP contribution in [0.25, 0.3) is 11.2 Å². The van der Waals surface area contributed by atoms with E-state index in [4.69, 9.17) is 0 Å². The second-order valence-corrected chi connectivity index (χ2v) is 10.3. The SMILES string of the molecule is CC(c1cc(C(F)(F)F)c2cn(-c3cccc([C@H](C)c4nncn4C)c3)c(=O)n2c1)N1CCC[C@H](C)C1. The second-order valence-electron chi connectivity index (χ2n) is 10.3. The first-order chi connectivity index (χ1) is 17.5. The summed E-state index contributed by atoms with van der Waals surface area (Å²) in [7, 11) is 1.85. The molecule has 0 bridgehead atoms. The predicted octanol–water partition coefficient (Wildman–Crippen LogP) is 5.18. The van der Waals surface area contributed by atoms with Crippen LogP contribution in [-0.4, -0.2) is 41.7 Å². The van der Waals surface area contributed by atoms with E-state index in [1.165, 1.54) is 16.8 Å². The fourth-order valence-corrected chi connectivity index (χ4v) is 5.42. The molecular formula is C27H31F3N6O. The summed E-state index contributed by atoms with van der Waals surface area (Å²) < 4.78 is 46.9. The molecule has 196 valence electrons. The molecule has 0 aliphatic carbocycles. The highest BCUT2D eigenvalue weighted by molar-refractivity contribution is 5.58. The number of pyridine rings is 1. The predicted molar refractivity (Wildman–Crippen MR) is 135 cm³/mol. The maximum Gasteiger partial charge on any atom is 0.418 e. The quantitative estimate of drug-likeness (QED) is 0.370. The lowest BCUT2D eigenvalue weighted by Gasteiger charge is -2.36. The van der Waals surface area contributed by atoms with Crippen LogP contribution in [-0.2, 0) is 13.2 Å². The third-order valence-corrected chi connectivity index (χ3v) is 7.59. The van der Waals surface area contributed by atoms with Crippen molar-refractivity contribution in [1.82, 2.24) is 28.6 Å². The Hall–Kier alpha value is -3.40. The number of rotatable bonds is 5. The smallest absolute Gasteiger partial charge is 0.320 e. The van der Waals surface area contributed by atoms with Crippen molar-refractivity contribution in [3.8, 4) is 5.69 Å². The number of nitrogens with zero attached hydrogens (tertiary/aromatic N) is 6. The molecule has 3 aromatic heterocycles. The summed E-state index contributed by atoms with van der Waals surface area (Å²) in [6, 6.07) is 8.20. The van der Waals surface area contributed by atoms with Gasteiger partial charge < -0.3 is 4.57 Å². The number of aromatic nitrogens is 5. The fraction of sp³-hybridized carbons (Fsp3) is 0.444. The normalized spacial score (nSPS) is 18.8. The number of alkyl halides is 3. The Morgan fingerprint density at radius 3 is 2.57 bits per heavy atom. The van der Waals surface area contributed by atoms with Crippen LogP contribution in [0, 0.1) is 5.92 Å². The summed E-state index contributed by atoms with van der Waals surface area (Å²) in [6.07, 6.45) is 2.00. The summed E-state index contributed by atoms with van der Waals surface area (Å²) in [5.74, 6) is 1.11. The van der Waals surface area contributed by atoms with E-state index in [9.17, 15) is 18.0 Å². The van der Waals surface area contributed by atoms with Gasteiger partial charge in [0.2, 0.25) is 0 Å². The molecule has 7 nitrogen and oxygen atoms in total. The zero-order valence-corrected chi connectivity index (χ0v) is 21.4. The van der Waals surface area contributed by atoms with E-state index in [0.717, 1.165) is 41.7 Å². The van der Waals surface area contributed by atoms with Crippen molar-refractivity contribution in [3.63, 3.8) is 0 Å². The van der Waals surface area contributed by atoms with Crippen molar-refractivity contribution >= 4 is 5.52 Å². The molecular weight excluding hydrogens is 481 g/mol. The first-order valence-corrected chi connectivity index (χ1v) is 12.6. The molecule has 4 heterocycles. The topological polar surface area (TPSA) is 60.4 Å². The average Bonchev–Trinajstić information content (AvgIpc) is 3.45. The van der Waals surface area contributed by atoms with Gasteiger partial charge in [-0.25, -0.2) is 4.79 Å². The first kappa shape index (κ1) is 25.3. The van der Waals surface area contributed by atoms with E-state index in [1.807, 2.05) is 37.6 Å². The highest BCUT2D eigenvalue weighted by atomic mass is 19.4. The van der Waals surface area contributed by atoms with Gasteiger partial charge in [-0.1, -0.05) is 26.0 Å². The Kier molecular flexibility index (Phi) is 6.47. The number of imidazole rings is 1. The molecule has 0 saturated carbocycles. The van der Waals surface area contributed by atoms with Crippen molar-refractivity contribution < 1.29 is 13.2 Å². The molecule has 37 heavy (non-hydrogen) atoms. The number of fused-ring (bicyclic) bond motifs is 1. The van der Waals surface area contributed by atoms with E-state index in [-0.39, 0.29) is 17.5 Å². The largest absolute Gasteiger partial charge is 0.418 e. The maximum absolute atomic E-state index is 14.2. The summed E-state index contributed by atoms with van der Waals surface area (Å²) in [6.45, 7) is 7.70. The Bertz CT molecular complexity index is 1480. The van der Waals surface area contributed by atoms with E-state index >= 15 is 0 Å². The third-order valence-electron chi connectivity index (χ3n) is 7.59. The molecule has 1 aliphatic heterocycles. The second kappa shape index (κ2) is 9.48. The Balaban J connectivity index is 1.60. The average molecular weight is 513 g/mol. The number of aryl methyl sites for hydroxylation is 1. The van der Waals surface area contributed by atoms with Crippen LogP contribution < -0.4 is 5.69 Å². The third kappa shape index (κ3) is 4.70. The van der Waals surface area contributed by atoms with E-state index in [2.05, 4.69) is 22.0 Å². The van der Waals surface area contributed by atoms with E-state index in [0.29, 0.717) is 17.2 Å². The summed E-state index contributed by atoms with van der Waals surface area (Å²) in [4.78, 5) is 15.7. The van der Waals surface area contributed by atoms with Gasteiger partial charge in [0, 0.05) is 37.9 Å². The van der Waals surface area contributed by atoms with Crippen LogP contribution in [0.1, 0.15) is 68.1 Å². The van der Waals surface area contributed by atoms with Crippen LogP contribution in [0.15, 0.2) is 53.8 Å². The molecule has 10 heteroatoms. The number of halogens is 3. The Labute approximate surface area is 213 Å². The highest BCUT2D eigenvalue weighted by Crippen LogP contribution is 2.36. The van der Waals surface area contributed by atoms with Crippen LogP contribution in [0.3, 0.4) is 0 Å². The summed E-state index contributed by atoms with van der Waals surface area (Å²) in [5, 5.41) is 8.10. The van der Waals surface area contributed by atoms with Crippen molar-refractivity contribution in [1.29, 1.82) is 0 Å². The van der Waals surface area contributed by atoms with Crippen LogP contribution >= 0.6 is 0 Å². The summed E-state index contributed by atoms with van der Waals surface area (Å²) >= 11 is 0. The lowest BCUT2D eigenvalue weighted by Crippen LogP contribution is -2.36. The molecule has 5 rings (SSSR count). The number of hydrogen-bond acceptors (Lipinski definition) is 4. The molecule has 1 aromatic carbocycles. The lowest BCUT2D eigenvalue weighted by molar-refractivity contribution is -0.136. The first-order valence-electron chi connectivity index (χ1n) is 12.6. The van der Waals surface area contributed by atoms with Gasteiger partial charge in [0.15, 0.2) is 0 Å². The molecule has 0 amide bonds. The van der Waals surface area contributed by atoms with Gasteiger partial charge in [0.05, 0.1) is 16.8 Å². The van der Waals surface area contributed by atoms with E-state index < -0.39 is 17.4 Å². The van der Waals surface area contributed by atoms with Gasteiger partial charge in [-0.05, 0) is 61.6 Å². The highest BCUT2D eigenvalue weighted by Gasteiger charge is 2.35. The molecule has 1 unspecified atom stereocenters. The Morgan fingerprint density at radius 1 is 1.11 bits per heavy atom. The van der Waals surface area contributed by atoms with Crippen LogP contribution in [0.2, 0.25) is 0 Å². The van der Waals surface area contributed by atoms with Crippen molar-refractivity contribution in [2.24, 2.45) is 13.0 Å². The number of likely N-dealkylation sites (tertiary alicyclic amines) is 1. The van der Waals surface area contributed by atoms with Gasteiger partial charge in [0.1, 0.15) is 12.2 Å². The number of benzene rings is 1.